The van der Waals surface area contributed by atoms with Crippen molar-refractivity contribution in [3.8, 4) is 0 Å². The van der Waals surface area contributed by atoms with Gasteiger partial charge in [0, 0.05) is 23.0 Å². The number of nitrogens with one attached hydrogen (secondary N) is 1. The van der Waals surface area contributed by atoms with E-state index in [1.807, 2.05) is 12.1 Å². The van der Waals surface area contributed by atoms with Gasteiger partial charge in [0.15, 0.2) is 0 Å². The number of benzene rings is 1. The van der Waals surface area contributed by atoms with E-state index in [-0.39, 0.29) is 0 Å². The molecule has 20 heavy (non-hydrogen) atoms. The van der Waals surface area contributed by atoms with E-state index in [1.165, 1.54) is 18.4 Å². The minimum Gasteiger partial charge on any atom is -0.469 e. The van der Waals surface area contributed by atoms with Crippen molar-refractivity contribution in [1.29, 1.82) is 0 Å². The second-order valence-corrected chi connectivity index (χ2v) is 6.68. The third-order valence-electron chi connectivity index (χ3n) is 4.09. The molecule has 0 bridgehead atoms. The predicted octanol–water partition coefficient (Wildman–Crippen LogP) is 4.51. The molecule has 0 radical (unpaired) electrons. The fourth-order valence-corrected chi connectivity index (χ4v) is 3.22. The largest absolute Gasteiger partial charge is 0.469 e. The van der Waals surface area contributed by atoms with Crippen LogP contribution in [0, 0.1) is 0 Å². The number of hydrogen-bond acceptors (Lipinski definition) is 2. The molecule has 3 heteroatoms. The summed E-state index contributed by atoms with van der Waals surface area (Å²) in [5.41, 5.74) is 1.46. The molecule has 1 unspecified atom stereocenters. The van der Waals surface area contributed by atoms with Crippen LogP contribution in [-0.4, -0.2) is 12.1 Å². The Balaban J connectivity index is 1.45. The lowest BCUT2D eigenvalue weighted by Crippen LogP contribution is -2.45. The molecule has 0 spiro atoms. The van der Waals surface area contributed by atoms with Crippen molar-refractivity contribution in [2.75, 3.05) is 0 Å². The summed E-state index contributed by atoms with van der Waals surface area (Å²) in [6.45, 7) is 2.23. The van der Waals surface area contributed by atoms with Gasteiger partial charge < -0.3 is 9.73 Å². The Labute approximate surface area is 128 Å². The minimum absolute atomic E-state index is 0.469. The molecule has 1 heterocycles. The molecular weight excluding hydrogens is 314 g/mol. The van der Waals surface area contributed by atoms with E-state index in [0.29, 0.717) is 12.1 Å². The van der Waals surface area contributed by atoms with Crippen molar-refractivity contribution in [1.82, 2.24) is 5.32 Å². The van der Waals surface area contributed by atoms with Crippen LogP contribution in [0.15, 0.2) is 51.6 Å². The highest BCUT2D eigenvalue weighted by Gasteiger charge is 2.30. The Kier molecular flexibility index (Phi) is 4.27. The monoisotopic (exact) mass is 333 g/mol. The molecule has 0 aliphatic heterocycles. The van der Waals surface area contributed by atoms with E-state index in [1.54, 1.807) is 6.26 Å². The fraction of sp³-hybridized carbons (Fsp3) is 0.412. The first-order chi connectivity index (χ1) is 9.70. The maximum Gasteiger partial charge on any atom is 0.105 e. The summed E-state index contributed by atoms with van der Waals surface area (Å²) in [6.07, 6.45) is 5.19. The standard InChI is InChI=1S/C17H20BrNO/c1-12(9-17-3-2-8-20-17)19-16-10-14(11-16)13-4-6-15(18)7-5-13/h2-8,12,14,16,19H,9-11H2,1H3. The Hall–Kier alpha value is -1.06. The third-order valence-corrected chi connectivity index (χ3v) is 4.62. The zero-order chi connectivity index (χ0) is 13.9. The highest BCUT2D eigenvalue weighted by atomic mass is 79.9. The topological polar surface area (TPSA) is 25.2 Å². The zero-order valence-electron chi connectivity index (χ0n) is 11.7. The van der Waals surface area contributed by atoms with Crippen LogP contribution in [0.5, 0.6) is 0 Å². The maximum atomic E-state index is 5.39. The summed E-state index contributed by atoms with van der Waals surface area (Å²) in [5.74, 6) is 1.78. The Bertz CT molecular complexity index is 529. The molecule has 1 aromatic carbocycles. The van der Waals surface area contributed by atoms with Gasteiger partial charge in [-0.25, -0.2) is 0 Å². The zero-order valence-corrected chi connectivity index (χ0v) is 13.3. The Morgan fingerprint density at radius 2 is 2.00 bits per heavy atom. The maximum absolute atomic E-state index is 5.39. The van der Waals surface area contributed by atoms with E-state index in [2.05, 4.69) is 52.4 Å². The van der Waals surface area contributed by atoms with Gasteiger partial charge in [0.1, 0.15) is 5.76 Å². The molecule has 3 rings (SSSR count). The van der Waals surface area contributed by atoms with Crippen molar-refractivity contribution in [3.63, 3.8) is 0 Å². The summed E-state index contributed by atoms with van der Waals surface area (Å²) in [6, 6.07) is 13.9. The van der Waals surface area contributed by atoms with Gasteiger partial charge in [-0.1, -0.05) is 28.1 Å². The van der Waals surface area contributed by atoms with Crippen LogP contribution in [-0.2, 0) is 6.42 Å². The fourth-order valence-electron chi connectivity index (χ4n) is 2.95. The van der Waals surface area contributed by atoms with Crippen molar-refractivity contribution in [2.24, 2.45) is 0 Å². The van der Waals surface area contributed by atoms with Crippen LogP contribution in [0.2, 0.25) is 0 Å². The van der Waals surface area contributed by atoms with Gasteiger partial charge in [-0.15, -0.1) is 0 Å². The van der Waals surface area contributed by atoms with E-state index >= 15 is 0 Å². The van der Waals surface area contributed by atoms with Gasteiger partial charge in [0.2, 0.25) is 0 Å². The molecule has 1 aliphatic rings. The van der Waals surface area contributed by atoms with E-state index in [4.69, 9.17) is 4.42 Å². The lowest BCUT2D eigenvalue weighted by Gasteiger charge is -2.38. The Morgan fingerprint density at radius 3 is 2.65 bits per heavy atom. The molecule has 106 valence electrons. The highest BCUT2D eigenvalue weighted by molar-refractivity contribution is 9.10. The number of halogens is 1. The van der Waals surface area contributed by atoms with E-state index in [9.17, 15) is 0 Å². The van der Waals surface area contributed by atoms with Crippen LogP contribution in [0.4, 0.5) is 0 Å². The number of hydrogen-bond donors (Lipinski definition) is 1. The van der Waals surface area contributed by atoms with Gasteiger partial charge in [-0.3, -0.25) is 0 Å². The van der Waals surface area contributed by atoms with Crippen LogP contribution < -0.4 is 5.32 Å². The SMILES string of the molecule is CC(Cc1ccco1)NC1CC(c2ccc(Br)cc2)C1. The smallest absolute Gasteiger partial charge is 0.105 e. The van der Waals surface area contributed by atoms with Gasteiger partial charge in [0.25, 0.3) is 0 Å². The van der Waals surface area contributed by atoms with Gasteiger partial charge in [0.05, 0.1) is 6.26 Å². The second-order valence-electron chi connectivity index (χ2n) is 5.77. The average Bonchev–Trinajstić information content (AvgIpc) is 2.87. The van der Waals surface area contributed by atoms with E-state index in [0.717, 1.165) is 22.6 Å². The van der Waals surface area contributed by atoms with Crippen molar-refractivity contribution in [3.05, 3.63) is 58.5 Å². The summed E-state index contributed by atoms with van der Waals surface area (Å²) in [4.78, 5) is 0. The first-order valence-electron chi connectivity index (χ1n) is 7.24. The highest BCUT2D eigenvalue weighted by Crippen LogP contribution is 2.37. The average molecular weight is 334 g/mol. The van der Waals surface area contributed by atoms with Crippen LogP contribution >= 0.6 is 15.9 Å². The lowest BCUT2D eigenvalue weighted by atomic mass is 9.75. The number of rotatable bonds is 5. The molecule has 1 aliphatic carbocycles. The van der Waals surface area contributed by atoms with Gasteiger partial charge in [-0.2, -0.15) is 0 Å². The second kappa shape index (κ2) is 6.15. The first kappa shape index (κ1) is 13.9. The normalized spacial score (nSPS) is 23.3. The summed E-state index contributed by atoms with van der Waals surface area (Å²) < 4.78 is 6.55. The van der Waals surface area contributed by atoms with Gasteiger partial charge >= 0.3 is 0 Å². The lowest BCUT2D eigenvalue weighted by molar-refractivity contribution is 0.265. The Morgan fingerprint density at radius 1 is 1.25 bits per heavy atom. The quantitative estimate of drug-likeness (QED) is 0.870. The molecule has 2 aromatic rings. The molecule has 1 atom stereocenters. The minimum atomic E-state index is 0.469. The first-order valence-corrected chi connectivity index (χ1v) is 8.04. The van der Waals surface area contributed by atoms with Crippen LogP contribution in [0.1, 0.15) is 37.0 Å². The molecule has 1 N–H and O–H groups in total. The van der Waals surface area contributed by atoms with Crippen LogP contribution in [0.3, 0.4) is 0 Å². The van der Waals surface area contributed by atoms with Crippen molar-refractivity contribution < 1.29 is 4.42 Å². The van der Waals surface area contributed by atoms with Crippen LogP contribution in [0.25, 0.3) is 0 Å². The summed E-state index contributed by atoms with van der Waals surface area (Å²) in [7, 11) is 0. The van der Waals surface area contributed by atoms with E-state index < -0.39 is 0 Å². The molecule has 2 nitrogen and oxygen atoms in total. The van der Waals surface area contributed by atoms with Crippen molar-refractivity contribution >= 4 is 15.9 Å². The van der Waals surface area contributed by atoms with Gasteiger partial charge in [-0.05, 0) is 55.5 Å². The molecule has 1 fully saturated rings. The number of furan rings is 1. The summed E-state index contributed by atoms with van der Waals surface area (Å²) >= 11 is 3.49. The predicted molar refractivity (Wildman–Crippen MR) is 84.9 cm³/mol. The molecule has 0 saturated heterocycles. The third kappa shape index (κ3) is 3.33. The molecule has 1 aromatic heterocycles. The van der Waals surface area contributed by atoms with Crippen molar-refractivity contribution in [2.45, 2.75) is 44.2 Å². The molecule has 0 amide bonds. The molecule has 1 saturated carbocycles. The summed E-state index contributed by atoms with van der Waals surface area (Å²) in [5, 5.41) is 3.70. The molecular formula is C17H20BrNO.